The third kappa shape index (κ3) is 4.41. The maximum Gasteiger partial charge on any atom is 0.322 e. The third-order valence-electron chi connectivity index (χ3n) is 3.34. The average Bonchev–Trinajstić information content (AvgIpc) is 3.05. The molecule has 0 spiro atoms. The summed E-state index contributed by atoms with van der Waals surface area (Å²) in [5.74, 6) is 0.189. The summed E-state index contributed by atoms with van der Waals surface area (Å²) in [5, 5.41) is 10.1. The second-order valence-electron chi connectivity index (χ2n) is 5.22. The van der Waals surface area contributed by atoms with Gasteiger partial charge < -0.3 is 9.15 Å². The van der Waals surface area contributed by atoms with Crippen LogP contribution in [0, 0.1) is 5.82 Å². The predicted octanol–water partition coefficient (Wildman–Crippen LogP) is 3.46. The summed E-state index contributed by atoms with van der Waals surface area (Å²) < 4.78 is 23.9. The Kier molecular flexibility index (Phi) is 5.03. The van der Waals surface area contributed by atoms with Gasteiger partial charge in [-0.1, -0.05) is 23.3 Å². The van der Waals surface area contributed by atoms with Crippen molar-refractivity contribution in [3.8, 4) is 17.2 Å². The van der Waals surface area contributed by atoms with E-state index in [4.69, 9.17) is 9.15 Å². The third-order valence-corrected chi connectivity index (χ3v) is 3.34. The fraction of sp³-hybridized carbons (Fsp3) is 0.167. The number of aromatic nitrogens is 2. The first-order valence-electron chi connectivity index (χ1n) is 7.75. The molecule has 0 aliphatic rings. The zero-order chi connectivity index (χ0) is 17.6. The fourth-order valence-corrected chi connectivity index (χ4v) is 2.23. The van der Waals surface area contributed by atoms with Gasteiger partial charge in [-0.25, -0.2) is 4.39 Å². The number of nitrogens with one attached hydrogen (secondary N) is 1. The fourth-order valence-electron chi connectivity index (χ4n) is 2.23. The number of hydrogen-bond donors (Lipinski definition) is 1. The molecule has 1 N–H and O–H groups in total. The quantitative estimate of drug-likeness (QED) is 0.743. The minimum atomic E-state index is -0.406. The molecule has 1 aromatic heterocycles. The lowest BCUT2D eigenvalue weighted by Crippen LogP contribution is -2.14. The minimum Gasteiger partial charge on any atom is -0.494 e. The van der Waals surface area contributed by atoms with Crippen LogP contribution in [0.25, 0.3) is 11.5 Å². The first-order valence-corrected chi connectivity index (χ1v) is 7.75. The summed E-state index contributed by atoms with van der Waals surface area (Å²) in [6.45, 7) is 2.49. The van der Waals surface area contributed by atoms with Crippen molar-refractivity contribution in [3.63, 3.8) is 0 Å². The number of rotatable bonds is 6. The summed E-state index contributed by atoms with van der Waals surface area (Å²) >= 11 is 0. The maximum absolute atomic E-state index is 13.2. The van der Waals surface area contributed by atoms with E-state index in [2.05, 4.69) is 15.5 Å². The highest BCUT2D eigenvalue weighted by Crippen LogP contribution is 2.20. The van der Waals surface area contributed by atoms with Crippen molar-refractivity contribution < 1.29 is 18.3 Å². The van der Waals surface area contributed by atoms with E-state index in [1.54, 1.807) is 24.3 Å². The van der Waals surface area contributed by atoms with Crippen LogP contribution in [0.4, 0.5) is 10.4 Å². The number of benzene rings is 2. The number of hydrogen-bond acceptors (Lipinski definition) is 5. The van der Waals surface area contributed by atoms with Crippen LogP contribution in [-0.4, -0.2) is 22.7 Å². The molecule has 7 heteroatoms. The largest absolute Gasteiger partial charge is 0.494 e. The molecule has 0 saturated heterocycles. The molecule has 0 fully saturated rings. The molecule has 0 atom stereocenters. The zero-order valence-corrected chi connectivity index (χ0v) is 13.5. The van der Waals surface area contributed by atoms with Crippen LogP contribution in [0.1, 0.15) is 12.5 Å². The van der Waals surface area contributed by atoms with Gasteiger partial charge in [0.1, 0.15) is 11.6 Å². The van der Waals surface area contributed by atoms with Gasteiger partial charge in [0.2, 0.25) is 11.8 Å². The highest BCUT2D eigenvalue weighted by molar-refractivity contribution is 5.90. The Labute approximate surface area is 143 Å². The first-order chi connectivity index (χ1) is 12.1. The number of nitrogens with zero attached hydrogens (tertiary/aromatic N) is 2. The predicted molar refractivity (Wildman–Crippen MR) is 89.6 cm³/mol. The van der Waals surface area contributed by atoms with Gasteiger partial charge in [0.15, 0.2) is 0 Å². The molecule has 0 radical (unpaired) electrons. The Morgan fingerprint density at radius 1 is 1.20 bits per heavy atom. The van der Waals surface area contributed by atoms with Crippen LogP contribution in [0.3, 0.4) is 0 Å². The lowest BCUT2D eigenvalue weighted by molar-refractivity contribution is -0.115. The van der Waals surface area contributed by atoms with Gasteiger partial charge in [-0.15, -0.1) is 5.10 Å². The van der Waals surface area contributed by atoms with Crippen LogP contribution in [0.5, 0.6) is 5.75 Å². The maximum atomic E-state index is 13.2. The molecule has 25 heavy (non-hydrogen) atoms. The molecule has 6 nitrogen and oxygen atoms in total. The number of carbonyl (C=O) groups excluding carboxylic acids is 1. The first kappa shape index (κ1) is 16.6. The second kappa shape index (κ2) is 7.57. The van der Waals surface area contributed by atoms with Crippen molar-refractivity contribution in [2.45, 2.75) is 13.3 Å². The minimum absolute atomic E-state index is 0.0322. The molecule has 1 amide bonds. The van der Waals surface area contributed by atoms with Crippen LogP contribution in [-0.2, 0) is 11.2 Å². The molecule has 3 rings (SSSR count). The SMILES string of the molecule is CCOc1ccc(CC(=O)Nc2nnc(-c3cccc(F)c3)o2)cc1. The summed E-state index contributed by atoms with van der Waals surface area (Å²) in [6.07, 6.45) is 0.157. The van der Waals surface area contributed by atoms with Crippen molar-refractivity contribution >= 4 is 11.9 Å². The van der Waals surface area contributed by atoms with Gasteiger partial charge >= 0.3 is 6.01 Å². The van der Waals surface area contributed by atoms with Crippen LogP contribution >= 0.6 is 0 Å². The Morgan fingerprint density at radius 2 is 2.00 bits per heavy atom. The van der Waals surface area contributed by atoms with E-state index in [-0.39, 0.29) is 24.2 Å². The molecule has 0 aliphatic heterocycles. The molecule has 1 heterocycles. The van der Waals surface area contributed by atoms with E-state index in [0.29, 0.717) is 12.2 Å². The number of ether oxygens (including phenoxy) is 1. The van der Waals surface area contributed by atoms with Crippen LogP contribution in [0.15, 0.2) is 52.9 Å². The normalized spacial score (nSPS) is 10.5. The van der Waals surface area contributed by atoms with E-state index in [9.17, 15) is 9.18 Å². The lowest BCUT2D eigenvalue weighted by atomic mass is 10.1. The summed E-state index contributed by atoms with van der Waals surface area (Å²) in [4.78, 5) is 12.1. The van der Waals surface area contributed by atoms with Gasteiger partial charge in [-0.05, 0) is 42.8 Å². The lowest BCUT2D eigenvalue weighted by Gasteiger charge is -2.04. The highest BCUT2D eigenvalue weighted by Gasteiger charge is 2.12. The average molecular weight is 341 g/mol. The van der Waals surface area contributed by atoms with Crippen molar-refractivity contribution in [1.29, 1.82) is 0 Å². The summed E-state index contributed by atoms with van der Waals surface area (Å²) in [5.41, 5.74) is 1.27. The van der Waals surface area contributed by atoms with Gasteiger partial charge in [-0.2, -0.15) is 0 Å². The van der Waals surface area contributed by atoms with Gasteiger partial charge in [0, 0.05) is 5.56 Å². The van der Waals surface area contributed by atoms with E-state index in [1.807, 2.05) is 19.1 Å². The van der Waals surface area contributed by atoms with Crippen molar-refractivity contribution in [2.24, 2.45) is 0 Å². The zero-order valence-electron chi connectivity index (χ0n) is 13.5. The Balaban J connectivity index is 1.61. The summed E-state index contributed by atoms with van der Waals surface area (Å²) in [7, 11) is 0. The number of carbonyl (C=O) groups is 1. The van der Waals surface area contributed by atoms with Crippen molar-refractivity contribution in [1.82, 2.24) is 10.2 Å². The van der Waals surface area contributed by atoms with Crippen molar-refractivity contribution in [2.75, 3.05) is 11.9 Å². The summed E-state index contributed by atoms with van der Waals surface area (Å²) in [6, 6.07) is 13.0. The van der Waals surface area contributed by atoms with E-state index in [0.717, 1.165) is 11.3 Å². The molecule has 2 aromatic carbocycles. The number of halogens is 1. The molecular weight excluding hydrogens is 325 g/mol. The molecule has 0 unspecified atom stereocenters. The second-order valence-corrected chi connectivity index (χ2v) is 5.22. The van der Waals surface area contributed by atoms with Crippen LogP contribution < -0.4 is 10.1 Å². The van der Waals surface area contributed by atoms with E-state index < -0.39 is 5.82 Å². The number of amides is 1. The Bertz CT molecular complexity index is 862. The van der Waals surface area contributed by atoms with Gasteiger partial charge in [0.25, 0.3) is 0 Å². The number of anilines is 1. The molecule has 0 saturated carbocycles. The van der Waals surface area contributed by atoms with Crippen molar-refractivity contribution in [3.05, 3.63) is 59.9 Å². The highest BCUT2D eigenvalue weighted by atomic mass is 19.1. The molecule has 0 bridgehead atoms. The Morgan fingerprint density at radius 3 is 2.72 bits per heavy atom. The Hall–Kier alpha value is -3.22. The van der Waals surface area contributed by atoms with Crippen LogP contribution in [0.2, 0.25) is 0 Å². The molecule has 3 aromatic rings. The topological polar surface area (TPSA) is 77.2 Å². The smallest absolute Gasteiger partial charge is 0.322 e. The van der Waals surface area contributed by atoms with Gasteiger partial charge in [-0.3, -0.25) is 10.1 Å². The van der Waals surface area contributed by atoms with E-state index >= 15 is 0 Å². The molecular formula is C18H16FN3O3. The van der Waals surface area contributed by atoms with E-state index in [1.165, 1.54) is 12.1 Å². The monoisotopic (exact) mass is 341 g/mol. The van der Waals surface area contributed by atoms with Gasteiger partial charge in [0.05, 0.1) is 13.0 Å². The molecule has 128 valence electrons. The molecule has 0 aliphatic carbocycles. The standard InChI is InChI=1S/C18H16FN3O3/c1-2-24-15-8-6-12(7-9-15)10-16(23)20-18-22-21-17(25-18)13-4-3-5-14(19)11-13/h3-9,11H,2,10H2,1H3,(H,20,22,23).